The van der Waals surface area contributed by atoms with Gasteiger partial charge >= 0.3 is 12.1 Å². The standard InChI is InChI=1S/C27H25F3N2O3S/c1-16-14-20(12-13-24(16)35-26(3,4)25(33)34)36-17(2)21-6-5-7-23-22(21)15-32(31-23)19-10-8-18(9-11-19)27(28,29)30/h5-15,17H,1-4H3,(H,33,34). The fraction of sp³-hybridized carbons (Fsp3) is 0.259. The Kier molecular flexibility index (Phi) is 6.79. The number of ether oxygens (including phenoxy) is 1. The minimum atomic E-state index is -4.39. The van der Waals surface area contributed by atoms with E-state index in [0.29, 0.717) is 11.4 Å². The smallest absolute Gasteiger partial charge is 0.416 e. The molecule has 188 valence electrons. The topological polar surface area (TPSA) is 64.4 Å². The number of aryl methyl sites for hydroxylation is 1. The van der Waals surface area contributed by atoms with Crippen LogP contribution in [-0.4, -0.2) is 26.5 Å². The van der Waals surface area contributed by atoms with Crippen LogP contribution in [0.1, 0.15) is 42.7 Å². The van der Waals surface area contributed by atoms with Crippen LogP contribution in [0.15, 0.2) is 71.8 Å². The molecule has 9 heteroatoms. The lowest BCUT2D eigenvalue weighted by molar-refractivity contribution is -0.152. The van der Waals surface area contributed by atoms with Crippen LogP contribution in [0.25, 0.3) is 16.6 Å². The zero-order valence-electron chi connectivity index (χ0n) is 20.1. The molecule has 4 aromatic rings. The molecule has 0 aliphatic carbocycles. The number of benzene rings is 3. The summed E-state index contributed by atoms with van der Waals surface area (Å²) < 4.78 is 46.0. The fourth-order valence-corrected chi connectivity index (χ4v) is 4.88. The fourth-order valence-electron chi connectivity index (χ4n) is 3.75. The van der Waals surface area contributed by atoms with Gasteiger partial charge in [0.15, 0.2) is 5.60 Å². The van der Waals surface area contributed by atoms with Gasteiger partial charge < -0.3 is 9.84 Å². The molecule has 0 saturated heterocycles. The Labute approximate surface area is 210 Å². The second kappa shape index (κ2) is 9.54. The van der Waals surface area contributed by atoms with Gasteiger partial charge in [-0.05, 0) is 87.4 Å². The third kappa shape index (κ3) is 5.36. The van der Waals surface area contributed by atoms with Gasteiger partial charge in [0.25, 0.3) is 0 Å². The van der Waals surface area contributed by atoms with Crippen molar-refractivity contribution in [2.45, 2.75) is 49.6 Å². The van der Waals surface area contributed by atoms with Gasteiger partial charge in [-0.25, -0.2) is 9.48 Å². The van der Waals surface area contributed by atoms with Crippen LogP contribution in [0.4, 0.5) is 13.2 Å². The number of alkyl halides is 3. The van der Waals surface area contributed by atoms with E-state index < -0.39 is 23.3 Å². The molecule has 1 heterocycles. The molecule has 0 bridgehead atoms. The van der Waals surface area contributed by atoms with Crippen molar-refractivity contribution in [3.63, 3.8) is 0 Å². The number of aliphatic carboxylic acids is 1. The summed E-state index contributed by atoms with van der Waals surface area (Å²) in [5, 5.41) is 14.8. The maximum Gasteiger partial charge on any atom is 0.416 e. The highest BCUT2D eigenvalue weighted by atomic mass is 32.2. The molecular formula is C27H25F3N2O3S. The van der Waals surface area contributed by atoms with E-state index in [1.165, 1.54) is 26.0 Å². The first kappa shape index (κ1) is 25.6. The van der Waals surface area contributed by atoms with Gasteiger partial charge in [0.1, 0.15) is 5.75 Å². The van der Waals surface area contributed by atoms with Crippen molar-refractivity contribution in [2.75, 3.05) is 0 Å². The summed E-state index contributed by atoms with van der Waals surface area (Å²) in [5.74, 6) is -0.529. The highest BCUT2D eigenvalue weighted by molar-refractivity contribution is 7.99. The Morgan fingerprint density at radius 3 is 2.39 bits per heavy atom. The van der Waals surface area contributed by atoms with Gasteiger partial charge in [-0.3, -0.25) is 0 Å². The number of carboxylic acids is 1. The highest BCUT2D eigenvalue weighted by Gasteiger charge is 2.31. The van der Waals surface area contributed by atoms with Crippen molar-refractivity contribution in [3.8, 4) is 11.4 Å². The average molecular weight is 515 g/mol. The number of carbonyl (C=O) groups is 1. The summed E-state index contributed by atoms with van der Waals surface area (Å²) in [6.45, 7) is 6.95. The zero-order valence-corrected chi connectivity index (χ0v) is 20.9. The van der Waals surface area contributed by atoms with E-state index in [0.717, 1.165) is 39.1 Å². The van der Waals surface area contributed by atoms with Gasteiger partial charge in [-0.15, -0.1) is 11.8 Å². The van der Waals surface area contributed by atoms with Gasteiger partial charge in [0, 0.05) is 21.7 Å². The van der Waals surface area contributed by atoms with Crippen molar-refractivity contribution in [1.82, 2.24) is 9.78 Å². The predicted molar refractivity (Wildman–Crippen MR) is 134 cm³/mol. The molecule has 0 radical (unpaired) electrons. The van der Waals surface area contributed by atoms with E-state index in [1.54, 1.807) is 22.5 Å². The number of carboxylic acid groups (broad SMARTS) is 1. The summed E-state index contributed by atoms with van der Waals surface area (Å²) in [7, 11) is 0. The summed E-state index contributed by atoms with van der Waals surface area (Å²) in [6, 6.07) is 16.3. The number of aromatic nitrogens is 2. The van der Waals surface area contributed by atoms with Crippen LogP contribution in [0, 0.1) is 6.92 Å². The van der Waals surface area contributed by atoms with E-state index in [2.05, 4.69) is 12.0 Å². The van der Waals surface area contributed by atoms with E-state index in [1.807, 2.05) is 43.5 Å². The summed E-state index contributed by atoms with van der Waals surface area (Å²) in [6.07, 6.45) is -2.55. The van der Waals surface area contributed by atoms with Crippen LogP contribution in [0.3, 0.4) is 0 Å². The average Bonchev–Trinajstić information content (AvgIpc) is 3.24. The molecule has 5 nitrogen and oxygen atoms in total. The molecule has 3 aromatic carbocycles. The van der Waals surface area contributed by atoms with Crippen molar-refractivity contribution >= 4 is 28.6 Å². The van der Waals surface area contributed by atoms with Gasteiger partial charge in [0.2, 0.25) is 0 Å². The molecule has 0 fully saturated rings. The first-order valence-corrected chi connectivity index (χ1v) is 12.1. The predicted octanol–water partition coefficient (Wildman–Crippen LogP) is 7.45. The molecule has 0 aliphatic rings. The zero-order chi connectivity index (χ0) is 26.3. The van der Waals surface area contributed by atoms with Crippen molar-refractivity contribution in [2.24, 2.45) is 0 Å². The Balaban J connectivity index is 1.57. The Bertz CT molecular complexity index is 1410. The largest absolute Gasteiger partial charge is 0.478 e. The van der Waals surface area contributed by atoms with Gasteiger partial charge in [0.05, 0.1) is 16.8 Å². The van der Waals surface area contributed by atoms with Crippen molar-refractivity contribution in [1.29, 1.82) is 0 Å². The van der Waals surface area contributed by atoms with Gasteiger partial charge in [-0.2, -0.15) is 18.3 Å². The second-order valence-corrected chi connectivity index (χ2v) is 10.4. The molecule has 4 rings (SSSR count). The van der Waals surface area contributed by atoms with Crippen LogP contribution >= 0.6 is 11.8 Å². The minimum absolute atomic E-state index is 0.0422. The minimum Gasteiger partial charge on any atom is -0.478 e. The molecule has 1 atom stereocenters. The van der Waals surface area contributed by atoms with E-state index in [-0.39, 0.29) is 5.25 Å². The molecule has 0 amide bonds. The SMILES string of the molecule is Cc1cc(SC(C)c2cccc3nn(-c4ccc(C(F)(F)F)cc4)cc23)ccc1OC(C)(C)C(=O)O. The lowest BCUT2D eigenvalue weighted by atomic mass is 10.1. The van der Waals surface area contributed by atoms with E-state index in [4.69, 9.17) is 4.74 Å². The number of thioether (sulfide) groups is 1. The van der Waals surface area contributed by atoms with Crippen LogP contribution in [0.5, 0.6) is 5.75 Å². The summed E-state index contributed by atoms with van der Waals surface area (Å²) in [4.78, 5) is 12.4. The maximum absolute atomic E-state index is 12.9. The maximum atomic E-state index is 12.9. The lowest BCUT2D eigenvalue weighted by Crippen LogP contribution is -2.38. The number of rotatable bonds is 7. The molecule has 1 N–H and O–H groups in total. The van der Waals surface area contributed by atoms with Gasteiger partial charge in [-0.1, -0.05) is 12.1 Å². The first-order valence-electron chi connectivity index (χ1n) is 11.2. The van der Waals surface area contributed by atoms with Crippen molar-refractivity contribution in [3.05, 3.63) is 83.6 Å². The normalized spacial score (nSPS) is 13.1. The number of hydrogen-bond donors (Lipinski definition) is 1. The third-order valence-corrected chi connectivity index (χ3v) is 6.95. The Morgan fingerprint density at radius 1 is 1.08 bits per heavy atom. The Morgan fingerprint density at radius 2 is 1.78 bits per heavy atom. The molecule has 36 heavy (non-hydrogen) atoms. The first-order chi connectivity index (χ1) is 16.8. The van der Waals surface area contributed by atoms with Crippen LogP contribution in [-0.2, 0) is 11.0 Å². The van der Waals surface area contributed by atoms with Crippen LogP contribution in [0.2, 0.25) is 0 Å². The second-order valence-electron chi connectivity index (χ2n) is 9.00. The molecule has 1 unspecified atom stereocenters. The number of hydrogen-bond acceptors (Lipinski definition) is 4. The lowest BCUT2D eigenvalue weighted by Gasteiger charge is -2.23. The number of nitrogens with zero attached hydrogens (tertiary/aromatic N) is 2. The third-order valence-electron chi connectivity index (χ3n) is 5.82. The van der Waals surface area contributed by atoms with E-state index in [9.17, 15) is 23.1 Å². The number of halogens is 3. The molecular weight excluding hydrogens is 489 g/mol. The van der Waals surface area contributed by atoms with E-state index >= 15 is 0 Å². The highest BCUT2D eigenvalue weighted by Crippen LogP contribution is 2.39. The number of fused-ring (bicyclic) bond motifs is 1. The monoisotopic (exact) mass is 514 g/mol. The molecule has 0 spiro atoms. The van der Waals surface area contributed by atoms with Crippen molar-refractivity contribution < 1.29 is 27.8 Å². The molecule has 0 aliphatic heterocycles. The van der Waals surface area contributed by atoms with Crippen LogP contribution < -0.4 is 4.74 Å². The quantitative estimate of drug-likeness (QED) is 0.260. The molecule has 1 aromatic heterocycles. The molecule has 0 saturated carbocycles. The Hall–Kier alpha value is -3.46. The summed E-state index contributed by atoms with van der Waals surface area (Å²) >= 11 is 1.63. The summed E-state index contributed by atoms with van der Waals surface area (Å²) in [5.41, 5.74) is 1.12.